The second-order valence-electron chi connectivity index (χ2n) is 4.91. The molecule has 0 saturated carbocycles. The molecule has 21 heavy (non-hydrogen) atoms. The number of hydrogen-bond acceptors (Lipinski definition) is 4. The van der Waals surface area contributed by atoms with Crippen molar-refractivity contribution in [2.45, 2.75) is 19.4 Å². The molecular formula is C16H15N3O2. The number of pyridine rings is 1. The lowest BCUT2D eigenvalue weighted by molar-refractivity contribution is -0.125. The normalized spacial score (nSPS) is 17.0. The van der Waals surface area contributed by atoms with Gasteiger partial charge in [0.25, 0.3) is 5.91 Å². The molecule has 0 unspecified atom stereocenters. The average molecular weight is 281 g/mol. The largest absolute Gasteiger partial charge is 0.382 e. The summed E-state index contributed by atoms with van der Waals surface area (Å²) in [5.74, 6) is 0.291. The van der Waals surface area contributed by atoms with Crippen molar-refractivity contribution in [2.24, 2.45) is 5.16 Å². The van der Waals surface area contributed by atoms with E-state index in [0.717, 1.165) is 16.8 Å². The Balaban J connectivity index is 1.64. The Morgan fingerprint density at radius 3 is 2.86 bits per heavy atom. The number of aromatic nitrogens is 1. The van der Waals surface area contributed by atoms with E-state index in [0.29, 0.717) is 12.2 Å². The van der Waals surface area contributed by atoms with Crippen LogP contribution in [-0.2, 0) is 9.63 Å². The monoisotopic (exact) mass is 281 g/mol. The molecule has 1 aromatic carbocycles. The second kappa shape index (κ2) is 5.75. The lowest BCUT2D eigenvalue weighted by Crippen LogP contribution is -2.28. The highest BCUT2D eigenvalue weighted by Gasteiger charge is 2.29. The molecule has 2 aromatic rings. The maximum absolute atomic E-state index is 12.2. The van der Waals surface area contributed by atoms with Crippen molar-refractivity contribution in [1.82, 2.24) is 4.98 Å². The second-order valence-corrected chi connectivity index (χ2v) is 4.91. The lowest BCUT2D eigenvalue weighted by Gasteiger charge is -2.09. The summed E-state index contributed by atoms with van der Waals surface area (Å²) in [5, 5.41) is 6.75. The minimum atomic E-state index is -0.609. The summed E-state index contributed by atoms with van der Waals surface area (Å²) in [6.07, 6.45) is 1.51. The van der Waals surface area contributed by atoms with E-state index < -0.39 is 6.10 Å². The van der Waals surface area contributed by atoms with Gasteiger partial charge in [-0.05, 0) is 30.2 Å². The minimum absolute atomic E-state index is 0.234. The van der Waals surface area contributed by atoms with E-state index in [1.807, 2.05) is 49.4 Å². The van der Waals surface area contributed by atoms with Crippen LogP contribution in [0.1, 0.15) is 17.5 Å². The van der Waals surface area contributed by atoms with Gasteiger partial charge in [0.05, 0.1) is 5.71 Å². The topological polar surface area (TPSA) is 63.6 Å². The fraction of sp³-hybridized carbons (Fsp3) is 0.188. The number of hydrogen-bond donors (Lipinski definition) is 1. The van der Waals surface area contributed by atoms with Crippen molar-refractivity contribution in [3.8, 4) is 0 Å². The quantitative estimate of drug-likeness (QED) is 0.940. The maximum atomic E-state index is 12.2. The van der Waals surface area contributed by atoms with Crippen LogP contribution in [0.15, 0.2) is 53.8 Å². The first kappa shape index (κ1) is 13.3. The van der Waals surface area contributed by atoms with Gasteiger partial charge in [0.2, 0.25) is 6.10 Å². The van der Waals surface area contributed by atoms with Gasteiger partial charge in [0, 0.05) is 12.6 Å². The summed E-state index contributed by atoms with van der Waals surface area (Å²) in [5.41, 5.74) is 2.79. The molecule has 0 radical (unpaired) electrons. The Morgan fingerprint density at radius 1 is 1.29 bits per heavy atom. The van der Waals surface area contributed by atoms with E-state index in [4.69, 9.17) is 4.84 Å². The van der Waals surface area contributed by atoms with Crippen LogP contribution in [0.5, 0.6) is 0 Å². The van der Waals surface area contributed by atoms with Crippen molar-refractivity contribution in [1.29, 1.82) is 0 Å². The highest BCUT2D eigenvalue weighted by molar-refractivity contribution is 6.05. The number of carbonyl (C=O) groups is 1. The molecule has 1 amide bonds. The van der Waals surface area contributed by atoms with Crippen LogP contribution in [0.2, 0.25) is 0 Å². The zero-order valence-corrected chi connectivity index (χ0v) is 11.6. The molecule has 5 heteroatoms. The van der Waals surface area contributed by atoms with Crippen LogP contribution in [-0.4, -0.2) is 22.7 Å². The van der Waals surface area contributed by atoms with Crippen LogP contribution < -0.4 is 5.32 Å². The van der Waals surface area contributed by atoms with Gasteiger partial charge in [0.15, 0.2) is 0 Å². The first-order valence-corrected chi connectivity index (χ1v) is 6.74. The lowest BCUT2D eigenvalue weighted by atomic mass is 10.0. The Bertz CT molecular complexity index is 683. The molecule has 1 aromatic heterocycles. The summed E-state index contributed by atoms with van der Waals surface area (Å²) in [7, 11) is 0. The van der Waals surface area contributed by atoms with Crippen molar-refractivity contribution < 1.29 is 9.63 Å². The molecule has 106 valence electrons. The Morgan fingerprint density at radius 2 is 2.10 bits per heavy atom. The fourth-order valence-electron chi connectivity index (χ4n) is 2.13. The number of anilines is 1. The minimum Gasteiger partial charge on any atom is -0.382 e. The summed E-state index contributed by atoms with van der Waals surface area (Å²) in [6.45, 7) is 1.94. The summed E-state index contributed by atoms with van der Waals surface area (Å²) >= 11 is 0. The molecule has 3 rings (SSSR count). The molecule has 1 N–H and O–H groups in total. The van der Waals surface area contributed by atoms with Crippen LogP contribution >= 0.6 is 0 Å². The number of aryl methyl sites for hydroxylation is 1. The first-order chi connectivity index (χ1) is 10.2. The van der Waals surface area contributed by atoms with E-state index in [1.54, 1.807) is 6.20 Å². The van der Waals surface area contributed by atoms with Gasteiger partial charge in [0.1, 0.15) is 5.82 Å². The average Bonchev–Trinajstić information content (AvgIpc) is 2.98. The summed E-state index contributed by atoms with van der Waals surface area (Å²) in [4.78, 5) is 21.5. The third-order valence-corrected chi connectivity index (χ3v) is 3.24. The van der Waals surface area contributed by atoms with Crippen LogP contribution in [0.4, 0.5) is 5.82 Å². The third-order valence-electron chi connectivity index (χ3n) is 3.24. The van der Waals surface area contributed by atoms with E-state index in [9.17, 15) is 4.79 Å². The van der Waals surface area contributed by atoms with Gasteiger partial charge < -0.3 is 10.2 Å². The molecule has 0 fully saturated rings. The predicted molar refractivity (Wildman–Crippen MR) is 80.1 cm³/mol. The SMILES string of the molecule is Cc1ccnc(NC(=O)[C@@H]2CC(c3ccccc3)=NO2)c1. The third kappa shape index (κ3) is 3.08. The highest BCUT2D eigenvalue weighted by Crippen LogP contribution is 2.18. The Labute approximate surface area is 122 Å². The summed E-state index contributed by atoms with van der Waals surface area (Å²) in [6, 6.07) is 13.4. The van der Waals surface area contributed by atoms with Gasteiger partial charge >= 0.3 is 0 Å². The van der Waals surface area contributed by atoms with Gasteiger partial charge in [-0.3, -0.25) is 4.79 Å². The van der Waals surface area contributed by atoms with Gasteiger partial charge in [-0.15, -0.1) is 0 Å². The number of benzene rings is 1. The zero-order valence-electron chi connectivity index (χ0n) is 11.6. The van der Waals surface area contributed by atoms with Crippen LogP contribution in [0.3, 0.4) is 0 Å². The maximum Gasteiger partial charge on any atom is 0.269 e. The van der Waals surface area contributed by atoms with E-state index in [1.165, 1.54) is 0 Å². The van der Waals surface area contributed by atoms with Crippen molar-refractivity contribution in [3.63, 3.8) is 0 Å². The molecule has 0 spiro atoms. The summed E-state index contributed by atoms with van der Waals surface area (Å²) < 4.78 is 0. The number of rotatable bonds is 3. The standard InChI is InChI=1S/C16H15N3O2/c1-11-7-8-17-15(9-11)18-16(20)14-10-13(19-21-14)12-5-3-2-4-6-12/h2-9,14H,10H2,1H3,(H,17,18,20)/t14-/m0/s1. The molecule has 1 atom stereocenters. The van der Waals surface area contributed by atoms with Gasteiger partial charge in [-0.1, -0.05) is 35.5 Å². The number of nitrogens with one attached hydrogen (secondary N) is 1. The molecule has 1 aliphatic rings. The predicted octanol–water partition coefficient (Wildman–Crippen LogP) is 2.52. The number of nitrogens with zero attached hydrogens (tertiary/aromatic N) is 2. The molecule has 1 aliphatic heterocycles. The smallest absolute Gasteiger partial charge is 0.269 e. The molecular weight excluding hydrogens is 266 g/mol. The highest BCUT2D eigenvalue weighted by atomic mass is 16.6. The van der Waals surface area contributed by atoms with Crippen molar-refractivity contribution in [2.75, 3.05) is 5.32 Å². The molecule has 2 heterocycles. The van der Waals surface area contributed by atoms with Crippen LogP contribution in [0.25, 0.3) is 0 Å². The number of amides is 1. The van der Waals surface area contributed by atoms with Crippen LogP contribution in [0, 0.1) is 6.92 Å². The van der Waals surface area contributed by atoms with Crippen molar-refractivity contribution in [3.05, 3.63) is 59.8 Å². The molecule has 5 nitrogen and oxygen atoms in total. The fourth-order valence-corrected chi connectivity index (χ4v) is 2.13. The van der Waals surface area contributed by atoms with Crippen molar-refractivity contribution >= 4 is 17.4 Å². The molecule has 0 aliphatic carbocycles. The zero-order chi connectivity index (χ0) is 14.7. The van der Waals surface area contributed by atoms with Gasteiger partial charge in [-0.2, -0.15) is 0 Å². The van der Waals surface area contributed by atoms with Gasteiger partial charge in [-0.25, -0.2) is 4.98 Å². The van der Waals surface area contributed by atoms with E-state index >= 15 is 0 Å². The van der Waals surface area contributed by atoms with E-state index in [-0.39, 0.29) is 5.91 Å². The number of oxime groups is 1. The first-order valence-electron chi connectivity index (χ1n) is 6.74. The Kier molecular flexibility index (Phi) is 3.64. The van der Waals surface area contributed by atoms with E-state index in [2.05, 4.69) is 15.5 Å². The molecule has 0 saturated heterocycles. The molecule has 0 bridgehead atoms. The Hall–Kier alpha value is -2.69. The number of carbonyl (C=O) groups excluding carboxylic acids is 1.